The molecule has 2 rings (SSSR count). The van der Waals surface area contributed by atoms with Gasteiger partial charge in [0.25, 0.3) is 0 Å². The highest BCUT2D eigenvalue weighted by Gasteiger charge is 2.15. The van der Waals surface area contributed by atoms with Crippen LogP contribution in [0.15, 0.2) is 54.6 Å². The first-order chi connectivity index (χ1) is 9.20. The lowest BCUT2D eigenvalue weighted by molar-refractivity contribution is 0.0973. The summed E-state index contributed by atoms with van der Waals surface area (Å²) in [4.78, 5) is 12.2. The Kier molecular flexibility index (Phi) is 4.75. The third-order valence-corrected chi connectivity index (χ3v) is 3.61. The Morgan fingerprint density at radius 2 is 1.68 bits per heavy atom. The standard InChI is InChI=1S/C17H17ClO/c1-2-13(14-8-10-16(18)11-9-14)12-17(19)15-6-4-3-5-7-15/h3-11,13H,2,12H2,1H3. The van der Waals surface area contributed by atoms with E-state index >= 15 is 0 Å². The molecule has 2 aromatic rings. The minimum atomic E-state index is 0.197. The van der Waals surface area contributed by atoms with E-state index in [1.165, 1.54) is 5.56 Å². The second-order valence-corrected chi connectivity index (χ2v) is 5.09. The molecule has 1 unspecified atom stereocenters. The van der Waals surface area contributed by atoms with Crippen molar-refractivity contribution in [2.45, 2.75) is 25.7 Å². The van der Waals surface area contributed by atoms with E-state index in [4.69, 9.17) is 11.6 Å². The number of carbonyl (C=O) groups excluding carboxylic acids is 1. The number of hydrogen-bond donors (Lipinski definition) is 0. The van der Waals surface area contributed by atoms with Gasteiger partial charge in [-0.3, -0.25) is 4.79 Å². The van der Waals surface area contributed by atoms with Gasteiger partial charge < -0.3 is 0 Å². The van der Waals surface area contributed by atoms with E-state index in [2.05, 4.69) is 6.92 Å². The molecule has 0 spiro atoms. The molecule has 0 aliphatic carbocycles. The summed E-state index contributed by atoms with van der Waals surface area (Å²) in [6, 6.07) is 17.2. The Hall–Kier alpha value is -1.60. The highest BCUT2D eigenvalue weighted by Crippen LogP contribution is 2.26. The molecule has 2 aromatic carbocycles. The number of rotatable bonds is 5. The second kappa shape index (κ2) is 6.53. The van der Waals surface area contributed by atoms with Crippen LogP contribution < -0.4 is 0 Å². The quantitative estimate of drug-likeness (QED) is 0.692. The highest BCUT2D eigenvalue weighted by molar-refractivity contribution is 6.30. The predicted octanol–water partition coefficient (Wildman–Crippen LogP) is 5.11. The molecule has 1 nitrogen and oxygen atoms in total. The van der Waals surface area contributed by atoms with Crippen molar-refractivity contribution >= 4 is 17.4 Å². The fourth-order valence-electron chi connectivity index (χ4n) is 2.20. The maximum atomic E-state index is 12.2. The van der Waals surface area contributed by atoms with E-state index in [-0.39, 0.29) is 11.7 Å². The smallest absolute Gasteiger partial charge is 0.163 e. The number of hydrogen-bond acceptors (Lipinski definition) is 1. The molecule has 0 fully saturated rings. The molecule has 98 valence electrons. The summed E-state index contributed by atoms with van der Waals surface area (Å²) in [7, 11) is 0. The van der Waals surface area contributed by atoms with E-state index in [9.17, 15) is 4.79 Å². The first kappa shape index (κ1) is 13.8. The zero-order chi connectivity index (χ0) is 13.7. The molecular weight excluding hydrogens is 256 g/mol. The molecule has 0 bridgehead atoms. The van der Waals surface area contributed by atoms with Crippen LogP contribution in [0.1, 0.15) is 41.6 Å². The van der Waals surface area contributed by atoms with E-state index in [1.54, 1.807) is 0 Å². The summed E-state index contributed by atoms with van der Waals surface area (Å²) >= 11 is 5.89. The number of Topliss-reactive ketones (excluding diaryl/α,β-unsaturated/α-hetero) is 1. The van der Waals surface area contributed by atoms with Gasteiger partial charge in [0.2, 0.25) is 0 Å². The minimum absolute atomic E-state index is 0.197. The number of carbonyl (C=O) groups is 1. The zero-order valence-corrected chi connectivity index (χ0v) is 11.7. The SMILES string of the molecule is CCC(CC(=O)c1ccccc1)c1ccc(Cl)cc1. The van der Waals surface area contributed by atoms with Crippen LogP contribution in [0.4, 0.5) is 0 Å². The fraction of sp³-hybridized carbons (Fsp3) is 0.235. The second-order valence-electron chi connectivity index (χ2n) is 4.65. The van der Waals surface area contributed by atoms with Crippen LogP contribution in [0.5, 0.6) is 0 Å². The highest BCUT2D eigenvalue weighted by atomic mass is 35.5. The van der Waals surface area contributed by atoms with E-state index in [0.29, 0.717) is 6.42 Å². The lowest BCUT2D eigenvalue weighted by Gasteiger charge is -2.14. The Labute approximate surface area is 119 Å². The summed E-state index contributed by atoms with van der Waals surface area (Å²) < 4.78 is 0. The normalized spacial score (nSPS) is 12.1. The molecule has 2 heteroatoms. The van der Waals surface area contributed by atoms with Crippen molar-refractivity contribution in [2.75, 3.05) is 0 Å². The molecular formula is C17H17ClO. The monoisotopic (exact) mass is 272 g/mol. The lowest BCUT2D eigenvalue weighted by atomic mass is 9.90. The van der Waals surface area contributed by atoms with Gasteiger partial charge in [-0.2, -0.15) is 0 Å². The predicted molar refractivity (Wildman–Crippen MR) is 79.9 cm³/mol. The first-order valence-corrected chi connectivity index (χ1v) is 6.92. The number of halogens is 1. The summed E-state index contributed by atoms with van der Waals surface area (Å²) in [6.45, 7) is 2.11. The van der Waals surface area contributed by atoms with Crippen molar-refractivity contribution in [1.82, 2.24) is 0 Å². The van der Waals surface area contributed by atoms with E-state index < -0.39 is 0 Å². The van der Waals surface area contributed by atoms with Crippen molar-refractivity contribution in [3.63, 3.8) is 0 Å². The molecule has 0 aromatic heterocycles. The van der Waals surface area contributed by atoms with Gasteiger partial charge in [0, 0.05) is 17.0 Å². The van der Waals surface area contributed by atoms with Crippen LogP contribution in [-0.2, 0) is 0 Å². The van der Waals surface area contributed by atoms with Gasteiger partial charge in [-0.1, -0.05) is 61.0 Å². The van der Waals surface area contributed by atoms with Crippen LogP contribution in [0.25, 0.3) is 0 Å². The topological polar surface area (TPSA) is 17.1 Å². The maximum Gasteiger partial charge on any atom is 0.163 e. The van der Waals surface area contributed by atoms with Crippen molar-refractivity contribution < 1.29 is 4.79 Å². The summed E-state index contributed by atoms with van der Waals surface area (Å²) in [5, 5.41) is 0.730. The third kappa shape index (κ3) is 3.68. The summed E-state index contributed by atoms with van der Waals surface area (Å²) in [6.07, 6.45) is 1.49. The van der Waals surface area contributed by atoms with Gasteiger partial charge in [0.05, 0.1) is 0 Å². The summed E-state index contributed by atoms with van der Waals surface area (Å²) in [5.74, 6) is 0.451. The summed E-state index contributed by atoms with van der Waals surface area (Å²) in [5.41, 5.74) is 1.96. The molecule has 0 saturated carbocycles. The molecule has 0 radical (unpaired) electrons. The molecule has 0 heterocycles. The largest absolute Gasteiger partial charge is 0.294 e. The molecule has 0 aliphatic rings. The van der Waals surface area contributed by atoms with E-state index in [0.717, 1.165) is 17.0 Å². The van der Waals surface area contributed by atoms with Crippen molar-refractivity contribution in [3.05, 3.63) is 70.7 Å². The number of benzene rings is 2. The Balaban J connectivity index is 2.11. The van der Waals surface area contributed by atoms with Gasteiger partial charge in [-0.05, 0) is 30.0 Å². The van der Waals surface area contributed by atoms with Crippen molar-refractivity contribution in [2.24, 2.45) is 0 Å². The first-order valence-electron chi connectivity index (χ1n) is 6.54. The minimum Gasteiger partial charge on any atom is -0.294 e. The lowest BCUT2D eigenvalue weighted by Crippen LogP contribution is -2.07. The van der Waals surface area contributed by atoms with Crippen LogP contribution in [-0.4, -0.2) is 5.78 Å². The number of ketones is 1. The molecule has 0 saturated heterocycles. The molecule has 1 atom stereocenters. The molecule has 0 N–H and O–H groups in total. The molecule has 19 heavy (non-hydrogen) atoms. The molecule has 0 aliphatic heterocycles. The van der Waals surface area contributed by atoms with Gasteiger partial charge in [0.15, 0.2) is 5.78 Å². The van der Waals surface area contributed by atoms with Crippen molar-refractivity contribution in [1.29, 1.82) is 0 Å². The fourth-order valence-corrected chi connectivity index (χ4v) is 2.32. The third-order valence-electron chi connectivity index (χ3n) is 3.36. The Morgan fingerprint density at radius 3 is 2.26 bits per heavy atom. The average Bonchev–Trinajstić information content (AvgIpc) is 2.46. The van der Waals surface area contributed by atoms with Gasteiger partial charge in [0.1, 0.15) is 0 Å². The van der Waals surface area contributed by atoms with Gasteiger partial charge in [-0.15, -0.1) is 0 Å². The Morgan fingerprint density at radius 1 is 1.05 bits per heavy atom. The van der Waals surface area contributed by atoms with Gasteiger partial charge >= 0.3 is 0 Å². The average molecular weight is 273 g/mol. The van der Waals surface area contributed by atoms with Crippen LogP contribution in [0.2, 0.25) is 5.02 Å². The zero-order valence-electron chi connectivity index (χ0n) is 11.0. The van der Waals surface area contributed by atoms with Crippen LogP contribution in [0, 0.1) is 0 Å². The Bertz CT molecular complexity index is 531. The van der Waals surface area contributed by atoms with Crippen LogP contribution in [0.3, 0.4) is 0 Å². The van der Waals surface area contributed by atoms with Crippen LogP contribution >= 0.6 is 11.6 Å². The van der Waals surface area contributed by atoms with Gasteiger partial charge in [-0.25, -0.2) is 0 Å². The van der Waals surface area contributed by atoms with E-state index in [1.807, 2.05) is 54.6 Å². The van der Waals surface area contributed by atoms with Crippen molar-refractivity contribution in [3.8, 4) is 0 Å². The molecule has 0 amide bonds. The maximum absolute atomic E-state index is 12.2.